The third-order valence-corrected chi connectivity index (χ3v) is 3.33. The highest BCUT2D eigenvalue weighted by Crippen LogP contribution is 2.34. The molecule has 0 saturated heterocycles. The number of carbonyl (C=O) groups excluding carboxylic acids is 1. The first-order valence-electron chi connectivity index (χ1n) is 6.45. The second kappa shape index (κ2) is 7.23. The number of rotatable bonds is 5. The average Bonchev–Trinajstić information content (AvgIpc) is 2.52. The minimum absolute atomic E-state index is 0.0462. The van der Waals surface area contributed by atoms with E-state index in [9.17, 15) is 18.0 Å². The molecule has 1 heterocycles. The van der Waals surface area contributed by atoms with Crippen molar-refractivity contribution in [3.05, 3.63) is 45.8 Å². The minimum atomic E-state index is -4.71. The summed E-state index contributed by atoms with van der Waals surface area (Å²) in [7, 11) is 1.54. The Balaban J connectivity index is 2.23. The number of carbonyl (C=O) groups is 1. The zero-order chi connectivity index (χ0) is 17.9. The lowest BCUT2D eigenvalue weighted by Crippen LogP contribution is -2.18. The van der Waals surface area contributed by atoms with Crippen LogP contribution >= 0.6 is 23.2 Å². The third-order valence-electron chi connectivity index (χ3n) is 2.91. The van der Waals surface area contributed by atoms with E-state index < -0.39 is 29.7 Å². The van der Waals surface area contributed by atoms with Gasteiger partial charge in [-0.3, -0.25) is 4.79 Å². The van der Waals surface area contributed by atoms with Crippen molar-refractivity contribution in [3.63, 3.8) is 0 Å². The fourth-order valence-electron chi connectivity index (χ4n) is 1.85. The quantitative estimate of drug-likeness (QED) is 0.625. The Morgan fingerprint density at radius 3 is 2.67 bits per heavy atom. The van der Waals surface area contributed by atoms with Crippen molar-refractivity contribution >= 4 is 34.8 Å². The first-order valence-corrected chi connectivity index (χ1v) is 7.21. The number of hydrogen-bond acceptors (Lipinski definition) is 5. The highest BCUT2D eigenvalue weighted by Gasteiger charge is 2.35. The van der Waals surface area contributed by atoms with Crippen LogP contribution < -0.4 is 10.1 Å². The number of anilines is 1. The van der Waals surface area contributed by atoms with E-state index in [1.807, 2.05) is 0 Å². The van der Waals surface area contributed by atoms with E-state index in [4.69, 9.17) is 27.9 Å². The predicted molar refractivity (Wildman–Crippen MR) is 82.9 cm³/mol. The smallest absolute Gasteiger partial charge is 0.417 e. The predicted octanol–water partition coefficient (Wildman–Crippen LogP) is 4.11. The first-order chi connectivity index (χ1) is 11.2. The van der Waals surface area contributed by atoms with E-state index in [1.54, 1.807) is 0 Å². The first kappa shape index (κ1) is 18.3. The van der Waals surface area contributed by atoms with Crippen LogP contribution in [0.1, 0.15) is 15.9 Å². The number of nitrogens with zero attached hydrogens (tertiary/aromatic N) is 2. The molecule has 0 radical (unpaired) electrons. The van der Waals surface area contributed by atoms with E-state index >= 15 is 0 Å². The maximum atomic E-state index is 13.0. The van der Waals surface area contributed by atoms with Gasteiger partial charge in [0.1, 0.15) is 0 Å². The van der Waals surface area contributed by atoms with Gasteiger partial charge in [-0.15, -0.1) is 0 Å². The molecular weight excluding hydrogens is 370 g/mol. The van der Waals surface area contributed by atoms with Crippen molar-refractivity contribution in [2.75, 3.05) is 19.0 Å². The number of hydrogen-bond donors (Lipinski definition) is 1. The molecule has 2 aromatic rings. The fraction of sp³-hybridized carbons (Fsp3) is 0.214. The van der Waals surface area contributed by atoms with Gasteiger partial charge in [-0.1, -0.05) is 11.6 Å². The second-order valence-electron chi connectivity index (χ2n) is 4.50. The summed E-state index contributed by atoms with van der Waals surface area (Å²) in [6, 6.07) is 2.90. The molecule has 10 heteroatoms. The summed E-state index contributed by atoms with van der Waals surface area (Å²) < 4.78 is 44.3. The summed E-state index contributed by atoms with van der Waals surface area (Å²) >= 11 is 11.2. The van der Waals surface area contributed by atoms with Crippen LogP contribution in [-0.4, -0.2) is 29.4 Å². The van der Waals surface area contributed by atoms with Crippen molar-refractivity contribution < 1.29 is 22.7 Å². The summed E-state index contributed by atoms with van der Waals surface area (Å²) in [6.07, 6.45) is -3.50. The monoisotopic (exact) mass is 379 g/mol. The maximum absolute atomic E-state index is 13.0. The fourth-order valence-corrected chi connectivity index (χ4v) is 2.15. The number of aromatic nitrogens is 2. The van der Waals surface area contributed by atoms with Gasteiger partial charge in [0.2, 0.25) is 11.1 Å². The molecule has 5 nitrogen and oxygen atoms in total. The topological polar surface area (TPSA) is 64.1 Å². The Morgan fingerprint density at radius 1 is 1.33 bits per heavy atom. The van der Waals surface area contributed by atoms with E-state index in [0.717, 1.165) is 6.07 Å². The van der Waals surface area contributed by atoms with Crippen LogP contribution in [0.25, 0.3) is 0 Å². The number of Topliss-reactive ketones (excluding diaryl/α,β-unsaturated/α-hetero) is 1. The maximum Gasteiger partial charge on any atom is 0.417 e. The van der Waals surface area contributed by atoms with Gasteiger partial charge in [-0.25, -0.2) is 4.98 Å². The molecule has 1 N–H and O–H groups in total. The van der Waals surface area contributed by atoms with Crippen molar-refractivity contribution in [1.82, 2.24) is 9.97 Å². The number of ether oxygens (including phenoxy) is 1. The number of benzene rings is 1. The number of nitrogens with one attached hydrogen (secondary N) is 1. The molecule has 0 aliphatic heterocycles. The second-order valence-corrected chi connectivity index (χ2v) is 5.28. The van der Waals surface area contributed by atoms with Gasteiger partial charge in [0.05, 0.1) is 11.8 Å². The van der Waals surface area contributed by atoms with Gasteiger partial charge >= 0.3 is 6.18 Å². The molecule has 0 bridgehead atoms. The van der Waals surface area contributed by atoms with Crippen molar-refractivity contribution in [3.8, 4) is 5.75 Å². The van der Waals surface area contributed by atoms with Crippen LogP contribution in [-0.2, 0) is 6.18 Å². The molecule has 0 atom stereocenters. The SMILES string of the molecule is CNc1nc(Cl)ncc1OCC(=O)c1ccc(Cl)cc1C(F)(F)F. The molecule has 1 aromatic heterocycles. The lowest BCUT2D eigenvalue weighted by atomic mass is 10.0. The van der Waals surface area contributed by atoms with Gasteiger partial charge in [0.15, 0.2) is 18.2 Å². The Morgan fingerprint density at radius 2 is 2.04 bits per heavy atom. The molecule has 0 aliphatic rings. The van der Waals surface area contributed by atoms with Crippen LogP contribution in [0.5, 0.6) is 5.75 Å². The molecule has 0 aliphatic carbocycles. The van der Waals surface area contributed by atoms with Crippen LogP contribution in [0.2, 0.25) is 10.3 Å². The summed E-state index contributed by atoms with van der Waals surface area (Å²) in [5, 5.41) is 2.51. The third kappa shape index (κ3) is 4.27. The Kier molecular flexibility index (Phi) is 5.51. The van der Waals surface area contributed by atoms with Crippen molar-refractivity contribution in [2.45, 2.75) is 6.18 Å². The van der Waals surface area contributed by atoms with Crippen molar-refractivity contribution in [2.24, 2.45) is 0 Å². The van der Waals surface area contributed by atoms with Gasteiger partial charge in [0, 0.05) is 17.6 Å². The van der Waals surface area contributed by atoms with E-state index in [0.29, 0.717) is 6.07 Å². The van der Waals surface area contributed by atoms with Gasteiger partial charge in [0.25, 0.3) is 0 Å². The number of alkyl halides is 3. The summed E-state index contributed by atoms with van der Waals surface area (Å²) in [5.41, 5.74) is -1.66. The van der Waals surface area contributed by atoms with Crippen LogP contribution in [0, 0.1) is 0 Å². The molecule has 0 spiro atoms. The van der Waals surface area contributed by atoms with E-state index in [1.165, 1.54) is 19.3 Å². The van der Waals surface area contributed by atoms with Crippen LogP contribution in [0.4, 0.5) is 19.0 Å². The highest BCUT2D eigenvalue weighted by molar-refractivity contribution is 6.30. The van der Waals surface area contributed by atoms with E-state index in [2.05, 4.69) is 15.3 Å². The van der Waals surface area contributed by atoms with Crippen LogP contribution in [0.15, 0.2) is 24.4 Å². The molecule has 1 aromatic carbocycles. The largest absolute Gasteiger partial charge is 0.480 e. The Labute approximate surface area is 144 Å². The Hall–Kier alpha value is -2.06. The lowest BCUT2D eigenvalue weighted by Gasteiger charge is -2.13. The molecule has 24 heavy (non-hydrogen) atoms. The normalized spacial score (nSPS) is 11.2. The van der Waals surface area contributed by atoms with Crippen LogP contribution in [0.3, 0.4) is 0 Å². The number of halogens is 5. The summed E-state index contributed by atoms with van der Waals surface area (Å²) in [4.78, 5) is 19.6. The van der Waals surface area contributed by atoms with E-state index in [-0.39, 0.29) is 21.9 Å². The van der Waals surface area contributed by atoms with Crippen molar-refractivity contribution in [1.29, 1.82) is 0 Å². The standard InChI is InChI=1S/C14H10Cl2F3N3O2/c1-20-12-11(5-21-13(16)22-12)24-6-10(23)8-3-2-7(15)4-9(8)14(17,18)19/h2-5H,6H2,1H3,(H,20,21,22). The lowest BCUT2D eigenvalue weighted by molar-refractivity contribution is -0.137. The van der Waals surface area contributed by atoms with Gasteiger partial charge in [-0.2, -0.15) is 18.2 Å². The average molecular weight is 380 g/mol. The molecule has 2 rings (SSSR count). The summed E-state index contributed by atoms with van der Waals surface area (Å²) in [6.45, 7) is -0.635. The highest BCUT2D eigenvalue weighted by atomic mass is 35.5. The molecule has 0 unspecified atom stereocenters. The van der Waals surface area contributed by atoms with Gasteiger partial charge in [-0.05, 0) is 29.8 Å². The molecule has 0 fully saturated rings. The molecular formula is C14H10Cl2F3N3O2. The summed E-state index contributed by atoms with van der Waals surface area (Å²) in [5.74, 6) is -0.580. The number of ketones is 1. The molecule has 0 saturated carbocycles. The molecule has 128 valence electrons. The van der Waals surface area contributed by atoms with Gasteiger partial charge < -0.3 is 10.1 Å². The zero-order valence-electron chi connectivity index (χ0n) is 12.1. The Bertz CT molecular complexity index is 769. The minimum Gasteiger partial charge on any atom is -0.480 e. The zero-order valence-corrected chi connectivity index (χ0v) is 13.6. The molecule has 0 amide bonds.